The first-order chi connectivity index (χ1) is 13.1. The number of benzene rings is 1. The van der Waals surface area contributed by atoms with Gasteiger partial charge < -0.3 is 9.64 Å². The summed E-state index contributed by atoms with van der Waals surface area (Å²) in [5.41, 5.74) is 1.63. The largest absolute Gasteiger partial charge is 0.468 e. The van der Waals surface area contributed by atoms with E-state index >= 15 is 0 Å². The Hall–Kier alpha value is -3.03. The highest BCUT2D eigenvalue weighted by molar-refractivity contribution is 5.87. The van der Waals surface area contributed by atoms with Crippen LogP contribution in [0, 0.1) is 11.7 Å². The molecule has 0 N–H and O–H groups in total. The van der Waals surface area contributed by atoms with Gasteiger partial charge in [-0.15, -0.1) is 0 Å². The number of rotatable bonds is 6. The van der Waals surface area contributed by atoms with Crippen LogP contribution < -0.4 is 4.90 Å². The minimum Gasteiger partial charge on any atom is -0.468 e. The second-order valence-electron chi connectivity index (χ2n) is 6.76. The lowest BCUT2D eigenvalue weighted by molar-refractivity contribution is -0.141. The van der Waals surface area contributed by atoms with Crippen molar-refractivity contribution in [3.05, 3.63) is 48.2 Å². The number of carbonyl (C=O) groups is 1. The topological polar surface area (TPSA) is 73.1 Å². The molecule has 0 unspecified atom stereocenters. The number of nitrogens with zero attached hydrogens (tertiary/aromatic N) is 5. The van der Waals surface area contributed by atoms with Gasteiger partial charge in [0, 0.05) is 7.05 Å². The molecule has 1 saturated carbocycles. The molecule has 1 fully saturated rings. The molecule has 4 rings (SSSR count). The Labute approximate surface area is 155 Å². The molecule has 0 aliphatic heterocycles. The van der Waals surface area contributed by atoms with Crippen molar-refractivity contribution in [3.8, 4) is 0 Å². The van der Waals surface area contributed by atoms with Gasteiger partial charge in [0.15, 0.2) is 5.65 Å². The Morgan fingerprint density at radius 3 is 2.74 bits per heavy atom. The molecule has 1 aromatic carbocycles. The minimum absolute atomic E-state index is 0.00974. The molecule has 1 atom stereocenters. The summed E-state index contributed by atoms with van der Waals surface area (Å²) in [7, 11) is 3.32. The summed E-state index contributed by atoms with van der Waals surface area (Å²) in [5, 5.41) is 5.03. The first-order valence-electron chi connectivity index (χ1n) is 8.80. The Bertz CT molecular complexity index is 968. The quantitative estimate of drug-likeness (QED) is 0.622. The number of halogens is 1. The Kier molecular flexibility index (Phi) is 4.47. The molecule has 0 saturated heterocycles. The highest BCUT2D eigenvalue weighted by Crippen LogP contribution is 2.45. The van der Waals surface area contributed by atoms with E-state index in [-0.39, 0.29) is 18.4 Å². The van der Waals surface area contributed by atoms with Gasteiger partial charge in [-0.3, -0.25) is 4.79 Å². The van der Waals surface area contributed by atoms with Crippen LogP contribution in [-0.2, 0) is 16.1 Å². The number of hydrogen-bond donors (Lipinski definition) is 0. The standard InChI is InChI=1S/C19H20FN5O2/c1-24(17(12-3-4-12)13-5-7-14(20)8-6-13)18-15-9-23-25(10-16(26)27-2)19(15)22-11-21-18/h5-9,11-12,17H,3-4,10H2,1-2H3/t17-/m1/s1. The van der Waals surface area contributed by atoms with Gasteiger partial charge in [0.25, 0.3) is 0 Å². The van der Waals surface area contributed by atoms with Gasteiger partial charge in [-0.25, -0.2) is 19.0 Å². The summed E-state index contributed by atoms with van der Waals surface area (Å²) in [5.74, 6) is 0.591. The molecule has 7 nitrogen and oxygen atoms in total. The lowest BCUT2D eigenvalue weighted by Gasteiger charge is -2.30. The normalized spacial score (nSPS) is 14.9. The summed E-state index contributed by atoms with van der Waals surface area (Å²) in [6.07, 6.45) is 5.39. The van der Waals surface area contributed by atoms with Crippen LogP contribution in [0.2, 0.25) is 0 Å². The van der Waals surface area contributed by atoms with Crippen LogP contribution in [0.4, 0.5) is 10.2 Å². The van der Waals surface area contributed by atoms with Crippen LogP contribution in [0.25, 0.3) is 11.0 Å². The van der Waals surface area contributed by atoms with Crippen LogP contribution in [0.1, 0.15) is 24.4 Å². The number of aromatic nitrogens is 4. The van der Waals surface area contributed by atoms with Gasteiger partial charge in [-0.05, 0) is 36.5 Å². The maximum Gasteiger partial charge on any atom is 0.327 e. The van der Waals surface area contributed by atoms with E-state index in [0.29, 0.717) is 11.6 Å². The van der Waals surface area contributed by atoms with Gasteiger partial charge in [-0.1, -0.05) is 12.1 Å². The van der Waals surface area contributed by atoms with Crippen molar-refractivity contribution in [1.82, 2.24) is 19.7 Å². The minimum atomic E-state index is -0.393. The van der Waals surface area contributed by atoms with Crippen LogP contribution in [-0.4, -0.2) is 39.9 Å². The molecule has 8 heteroatoms. The van der Waals surface area contributed by atoms with E-state index in [1.54, 1.807) is 6.20 Å². The summed E-state index contributed by atoms with van der Waals surface area (Å²) in [6, 6.07) is 6.72. The van der Waals surface area contributed by atoms with Crippen LogP contribution in [0.15, 0.2) is 36.8 Å². The molecule has 1 aliphatic rings. The summed E-state index contributed by atoms with van der Waals surface area (Å²) in [4.78, 5) is 22.4. The number of hydrogen-bond acceptors (Lipinski definition) is 6. The molecule has 2 aromatic heterocycles. The SMILES string of the molecule is COC(=O)Cn1ncc2c(N(C)[C@@H](c3ccc(F)cc3)C3CC3)ncnc21. The lowest BCUT2D eigenvalue weighted by atomic mass is 10.0. The van der Waals surface area contributed by atoms with Gasteiger partial charge in [0.05, 0.1) is 24.7 Å². The van der Waals surface area contributed by atoms with E-state index in [1.807, 2.05) is 19.2 Å². The summed E-state index contributed by atoms with van der Waals surface area (Å²) in [6.45, 7) is -0.00974. The smallest absolute Gasteiger partial charge is 0.327 e. The lowest BCUT2D eigenvalue weighted by Crippen LogP contribution is -2.27. The number of anilines is 1. The van der Waals surface area contributed by atoms with E-state index < -0.39 is 5.97 Å². The zero-order valence-corrected chi connectivity index (χ0v) is 15.2. The Balaban J connectivity index is 1.71. The molecule has 0 amide bonds. The predicted octanol–water partition coefficient (Wildman–Crippen LogP) is 2.73. The van der Waals surface area contributed by atoms with Crippen molar-refractivity contribution < 1.29 is 13.9 Å². The zero-order valence-electron chi connectivity index (χ0n) is 15.2. The fourth-order valence-corrected chi connectivity index (χ4v) is 3.48. The maximum absolute atomic E-state index is 13.4. The summed E-state index contributed by atoms with van der Waals surface area (Å²) < 4.78 is 19.6. The number of fused-ring (bicyclic) bond motifs is 1. The number of ether oxygens (including phenoxy) is 1. The third-order valence-electron chi connectivity index (χ3n) is 4.95. The molecular weight excluding hydrogens is 349 g/mol. The number of methoxy groups -OCH3 is 1. The third-order valence-corrected chi connectivity index (χ3v) is 4.95. The second-order valence-corrected chi connectivity index (χ2v) is 6.76. The molecule has 0 bridgehead atoms. The van der Waals surface area contributed by atoms with Crippen molar-refractivity contribution in [2.45, 2.75) is 25.4 Å². The molecule has 0 spiro atoms. The van der Waals surface area contributed by atoms with E-state index in [2.05, 4.69) is 20.0 Å². The fraction of sp³-hybridized carbons (Fsp3) is 0.368. The van der Waals surface area contributed by atoms with Crippen LogP contribution in [0.5, 0.6) is 0 Å². The van der Waals surface area contributed by atoms with Gasteiger partial charge in [0.1, 0.15) is 24.5 Å². The first-order valence-corrected chi connectivity index (χ1v) is 8.80. The third kappa shape index (κ3) is 3.34. The average Bonchev–Trinajstić information content (AvgIpc) is 3.43. The van der Waals surface area contributed by atoms with Crippen molar-refractivity contribution in [2.75, 3.05) is 19.1 Å². The average molecular weight is 369 g/mol. The van der Waals surface area contributed by atoms with Crippen molar-refractivity contribution >= 4 is 22.8 Å². The van der Waals surface area contributed by atoms with E-state index in [4.69, 9.17) is 4.74 Å². The van der Waals surface area contributed by atoms with Crippen molar-refractivity contribution in [1.29, 1.82) is 0 Å². The highest BCUT2D eigenvalue weighted by Gasteiger charge is 2.36. The first kappa shape index (κ1) is 17.4. The predicted molar refractivity (Wildman–Crippen MR) is 97.6 cm³/mol. The number of esters is 1. The van der Waals surface area contributed by atoms with Gasteiger partial charge in [0.2, 0.25) is 0 Å². The molecule has 140 valence electrons. The molecule has 1 aliphatic carbocycles. The zero-order chi connectivity index (χ0) is 19.0. The van der Waals surface area contributed by atoms with E-state index in [0.717, 1.165) is 29.6 Å². The molecule has 3 aromatic rings. The monoisotopic (exact) mass is 369 g/mol. The van der Waals surface area contributed by atoms with E-state index in [9.17, 15) is 9.18 Å². The molecule has 27 heavy (non-hydrogen) atoms. The second kappa shape index (κ2) is 6.94. The van der Waals surface area contributed by atoms with E-state index in [1.165, 1.54) is 30.3 Å². The fourth-order valence-electron chi connectivity index (χ4n) is 3.48. The maximum atomic E-state index is 13.4. The van der Waals surface area contributed by atoms with Crippen LogP contribution in [0.3, 0.4) is 0 Å². The number of carbonyl (C=O) groups excluding carboxylic acids is 1. The molecule has 2 heterocycles. The Morgan fingerprint density at radius 1 is 1.33 bits per heavy atom. The molecular formula is C19H20FN5O2. The van der Waals surface area contributed by atoms with Crippen molar-refractivity contribution in [3.63, 3.8) is 0 Å². The van der Waals surface area contributed by atoms with Crippen LogP contribution >= 0.6 is 0 Å². The van der Waals surface area contributed by atoms with Gasteiger partial charge in [-0.2, -0.15) is 5.10 Å². The summed E-state index contributed by atoms with van der Waals surface area (Å²) >= 11 is 0. The highest BCUT2D eigenvalue weighted by atomic mass is 19.1. The molecule has 0 radical (unpaired) electrons. The van der Waals surface area contributed by atoms with Crippen molar-refractivity contribution in [2.24, 2.45) is 5.92 Å². The Morgan fingerprint density at radius 2 is 2.07 bits per heavy atom. The van der Waals surface area contributed by atoms with Gasteiger partial charge >= 0.3 is 5.97 Å².